The fraction of sp³-hybridized carbons (Fsp3) is 0.300. The Kier molecular flexibility index (Phi) is 3.48. The van der Waals surface area contributed by atoms with E-state index in [-0.39, 0.29) is 18.8 Å². The molecule has 0 radical (unpaired) electrons. The zero-order valence-electron chi connectivity index (χ0n) is 7.86. The van der Waals surface area contributed by atoms with Crippen molar-refractivity contribution in [3.05, 3.63) is 29.3 Å². The number of ether oxygens (including phenoxy) is 1. The maximum atomic E-state index is 10.9. The zero-order chi connectivity index (χ0) is 10.6. The number of rotatable bonds is 4. The summed E-state index contributed by atoms with van der Waals surface area (Å²) in [5.41, 5.74) is 0.800. The van der Waals surface area contributed by atoms with E-state index in [0.29, 0.717) is 11.3 Å². The van der Waals surface area contributed by atoms with Gasteiger partial charge in [-0.3, -0.25) is 0 Å². The normalized spacial score (nSPS) is 9.86. The van der Waals surface area contributed by atoms with E-state index in [2.05, 4.69) is 0 Å². The van der Waals surface area contributed by atoms with Gasteiger partial charge in [-0.1, -0.05) is 12.1 Å². The summed E-state index contributed by atoms with van der Waals surface area (Å²) in [6.45, 7) is 1.67. The number of benzene rings is 1. The molecule has 14 heavy (non-hydrogen) atoms. The van der Waals surface area contributed by atoms with Crippen molar-refractivity contribution in [1.29, 1.82) is 0 Å². The summed E-state index contributed by atoms with van der Waals surface area (Å²) >= 11 is 0. The van der Waals surface area contributed by atoms with Crippen LogP contribution in [0.1, 0.15) is 15.9 Å². The minimum Gasteiger partial charge on any atom is -0.490 e. The molecular weight excluding hydrogens is 184 g/mol. The molecule has 4 heteroatoms. The van der Waals surface area contributed by atoms with Crippen molar-refractivity contribution in [2.45, 2.75) is 6.92 Å². The number of aliphatic hydroxyl groups excluding tert-OH is 1. The van der Waals surface area contributed by atoms with Gasteiger partial charge in [0.2, 0.25) is 0 Å². The Morgan fingerprint density at radius 3 is 2.79 bits per heavy atom. The average Bonchev–Trinajstić information content (AvgIpc) is 2.14. The van der Waals surface area contributed by atoms with Gasteiger partial charge < -0.3 is 14.9 Å². The van der Waals surface area contributed by atoms with Gasteiger partial charge in [0, 0.05) is 0 Å². The molecule has 0 fully saturated rings. The van der Waals surface area contributed by atoms with Crippen LogP contribution in [0.5, 0.6) is 5.75 Å². The summed E-state index contributed by atoms with van der Waals surface area (Å²) in [5, 5.41) is 17.5. The molecule has 0 heterocycles. The molecule has 0 aliphatic rings. The SMILES string of the molecule is Cc1cccc(OCCO)c1C(=O)O. The van der Waals surface area contributed by atoms with Gasteiger partial charge >= 0.3 is 5.97 Å². The number of carboxylic acids is 1. The molecule has 1 rings (SSSR count). The van der Waals surface area contributed by atoms with E-state index >= 15 is 0 Å². The van der Waals surface area contributed by atoms with Crippen molar-refractivity contribution in [2.75, 3.05) is 13.2 Å². The minimum atomic E-state index is -1.02. The van der Waals surface area contributed by atoms with Crippen LogP contribution < -0.4 is 4.74 Å². The lowest BCUT2D eigenvalue weighted by atomic mass is 10.1. The maximum Gasteiger partial charge on any atom is 0.339 e. The van der Waals surface area contributed by atoms with Gasteiger partial charge in [0.15, 0.2) is 0 Å². The molecule has 0 saturated heterocycles. The first-order valence-electron chi connectivity index (χ1n) is 4.23. The van der Waals surface area contributed by atoms with Crippen LogP contribution in [0.2, 0.25) is 0 Å². The van der Waals surface area contributed by atoms with Gasteiger partial charge in [-0.15, -0.1) is 0 Å². The van der Waals surface area contributed by atoms with Gasteiger partial charge in [-0.2, -0.15) is 0 Å². The number of aromatic carboxylic acids is 1. The third-order valence-electron chi connectivity index (χ3n) is 1.80. The van der Waals surface area contributed by atoms with E-state index in [1.165, 1.54) is 0 Å². The smallest absolute Gasteiger partial charge is 0.339 e. The largest absolute Gasteiger partial charge is 0.490 e. The Hall–Kier alpha value is -1.55. The number of hydrogen-bond donors (Lipinski definition) is 2. The van der Waals surface area contributed by atoms with Gasteiger partial charge in [-0.05, 0) is 18.6 Å². The summed E-state index contributed by atoms with van der Waals surface area (Å²) in [5.74, 6) is -0.720. The highest BCUT2D eigenvalue weighted by atomic mass is 16.5. The summed E-state index contributed by atoms with van der Waals surface area (Å²) in [6, 6.07) is 5.00. The highest BCUT2D eigenvalue weighted by molar-refractivity contribution is 5.92. The minimum absolute atomic E-state index is 0.101. The molecule has 0 unspecified atom stereocenters. The molecule has 0 saturated carbocycles. The lowest BCUT2D eigenvalue weighted by Gasteiger charge is -2.09. The first-order chi connectivity index (χ1) is 6.66. The van der Waals surface area contributed by atoms with E-state index in [1.54, 1.807) is 25.1 Å². The predicted octanol–water partition coefficient (Wildman–Crippen LogP) is 1.06. The second kappa shape index (κ2) is 4.62. The Morgan fingerprint density at radius 2 is 2.21 bits per heavy atom. The molecule has 1 aromatic rings. The third kappa shape index (κ3) is 2.23. The molecule has 1 aromatic carbocycles. The van der Waals surface area contributed by atoms with Gasteiger partial charge in [0.1, 0.15) is 17.9 Å². The Bertz CT molecular complexity index is 333. The van der Waals surface area contributed by atoms with Crippen molar-refractivity contribution in [1.82, 2.24) is 0 Å². The molecule has 0 aromatic heterocycles. The summed E-state index contributed by atoms with van der Waals surface area (Å²) in [7, 11) is 0. The molecule has 0 atom stereocenters. The van der Waals surface area contributed by atoms with Crippen molar-refractivity contribution in [2.24, 2.45) is 0 Å². The van der Waals surface area contributed by atoms with Crippen LogP contribution in [-0.2, 0) is 0 Å². The van der Waals surface area contributed by atoms with Gasteiger partial charge in [0.05, 0.1) is 6.61 Å². The second-order valence-electron chi connectivity index (χ2n) is 2.83. The molecule has 4 nitrogen and oxygen atoms in total. The number of aryl methyl sites for hydroxylation is 1. The average molecular weight is 196 g/mol. The number of carboxylic acid groups (broad SMARTS) is 1. The number of hydrogen-bond acceptors (Lipinski definition) is 3. The Labute approximate surface area is 81.8 Å². The second-order valence-corrected chi connectivity index (χ2v) is 2.83. The van der Waals surface area contributed by atoms with E-state index in [1.807, 2.05) is 0 Å². The van der Waals surface area contributed by atoms with Crippen LogP contribution in [-0.4, -0.2) is 29.4 Å². The third-order valence-corrected chi connectivity index (χ3v) is 1.80. The lowest BCUT2D eigenvalue weighted by molar-refractivity contribution is 0.0690. The van der Waals surface area contributed by atoms with Crippen molar-refractivity contribution in [3.63, 3.8) is 0 Å². The first kappa shape index (κ1) is 10.5. The van der Waals surface area contributed by atoms with Crippen LogP contribution in [0.25, 0.3) is 0 Å². The molecule has 0 bridgehead atoms. The lowest BCUT2D eigenvalue weighted by Crippen LogP contribution is -2.08. The van der Waals surface area contributed by atoms with Gasteiger partial charge in [-0.25, -0.2) is 4.79 Å². The van der Waals surface area contributed by atoms with Crippen molar-refractivity contribution < 1.29 is 19.7 Å². The summed E-state index contributed by atoms with van der Waals surface area (Å²) in [4.78, 5) is 10.9. The van der Waals surface area contributed by atoms with E-state index in [4.69, 9.17) is 14.9 Å². The van der Waals surface area contributed by atoms with Crippen LogP contribution in [0, 0.1) is 6.92 Å². The standard InChI is InChI=1S/C10H12O4/c1-7-3-2-4-8(14-6-5-11)9(7)10(12)13/h2-4,11H,5-6H2,1H3,(H,12,13). The summed E-state index contributed by atoms with van der Waals surface area (Å²) < 4.78 is 5.10. The molecule has 76 valence electrons. The number of carbonyl (C=O) groups is 1. The van der Waals surface area contributed by atoms with E-state index in [9.17, 15) is 4.79 Å². The quantitative estimate of drug-likeness (QED) is 0.755. The molecule has 2 N–H and O–H groups in total. The van der Waals surface area contributed by atoms with Crippen LogP contribution >= 0.6 is 0 Å². The van der Waals surface area contributed by atoms with Crippen molar-refractivity contribution in [3.8, 4) is 5.75 Å². The molecule has 0 aliphatic carbocycles. The molecular formula is C10H12O4. The predicted molar refractivity (Wildman–Crippen MR) is 50.7 cm³/mol. The summed E-state index contributed by atoms with van der Waals surface area (Å²) in [6.07, 6.45) is 0. The molecule has 0 aliphatic heterocycles. The molecule has 0 spiro atoms. The zero-order valence-corrected chi connectivity index (χ0v) is 7.86. The first-order valence-corrected chi connectivity index (χ1v) is 4.23. The van der Waals surface area contributed by atoms with E-state index in [0.717, 1.165) is 0 Å². The topological polar surface area (TPSA) is 66.8 Å². The van der Waals surface area contributed by atoms with E-state index < -0.39 is 5.97 Å². The van der Waals surface area contributed by atoms with Crippen LogP contribution in [0.4, 0.5) is 0 Å². The Balaban J connectivity index is 3.02. The molecule has 0 amide bonds. The van der Waals surface area contributed by atoms with Crippen LogP contribution in [0.3, 0.4) is 0 Å². The van der Waals surface area contributed by atoms with Crippen molar-refractivity contribution >= 4 is 5.97 Å². The maximum absolute atomic E-state index is 10.9. The Morgan fingerprint density at radius 1 is 1.50 bits per heavy atom. The van der Waals surface area contributed by atoms with Gasteiger partial charge in [0.25, 0.3) is 0 Å². The van der Waals surface area contributed by atoms with Crippen LogP contribution in [0.15, 0.2) is 18.2 Å². The fourth-order valence-corrected chi connectivity index (χ4v) is 1.19. The fourth-order valence-electron chi connectivity index (χ4n) is 1.19. The monoisotopic (exact) mass is 196 g/mol. The highest BCUT2D eigenvalue weighted by Crippen LogP contribution is 2.21. The highest BCUT2D eigenvalue weighted by Gasteiger charge is 2.13. The number of aliphatic hydroxyl groups is 1.